The Morgan fingerprint density at radius 3 is 2.55 bits per heavy atom. The number of aryl methyl sites for hydroxylation is 1. The van der Waals surface area contributed by atoms with Crippen molar-refractivity contribution in [1.29, 1.82) is 0 Å². The minimum absolute atomic E-state index is 0.0446. The van der Waals surface area contributed by atoms with Gasteiger partial charge >= 0.3 is 0 Å². The molecule has 3 N–H and O–H groups in total. The number of aliphatic hydroxyl groups is 1. The quantitative estimate of drug-likeness (QED) is 0.683. The number of carbonyl (C=O) groups excluding carboxylic acids is 2. The van der Waals surface area contributed by atoms with Crippen molar-refractivity contribution in [3.05, 3.63) is 34.3 Å². The van der Waals surface area contributed by atoms with Crippen molar-refractivity contribution in [2.45, 2.75) is 52.3 Å². The number of nitrogens with two attached hydrogens (primary N) is 1. The molecule has 9 heteroatoms. The number of rotatable bonds is 6. The molecule has 162 valence electrons. The highest BCUT2D eigenvalue weighted by atomic mass is 35.5. The number of benzene rings is 1. The predicted molar refractivity (Wildman–Crippen MR) is 112 cm³/mol. The van der Waals surface area contributed by atoms with Gasteiger partial charge in [0.25, 0.3) is 5.91 Å². The first-order valence-corrected chi connectivity index (χ1v) is 11.7. The Bertz CT molecular complexity index is 879. The van der Waals surface area contributed by atoms with Gasteiger partial charge in [-0.15, -0.1) is 0 Å². The van der Waals surface area contributed by atoms with Gasteiger partial charge < -0.3 is 15.7 Å². The van der Waals surface area contributed by atoms with Crippen LogP contribution in [0.25, 0.3) is 0 Å². The summed E-state index contributed by atoms with van der Waals surface area (Å²) in [4.78, 5) is 26.9. The number of halogens is 1. The molecule has 0 aliphatic carbocycles. The second-order valence-electron chi connectivity index (χ2n) is 8.51. The molecule has 1 heterocycles. The van der Waals surface area contributed by atoms with E-state index in [0.29, 0.717) is 18.0 Å². The molecule has 2 rings (SSSR count). The third-order valence-electron chi connectivity index (χ3n) is 5.17. The molecule has 0 bridgehead atoms. The van der Waals surface area contributed by atoms with Crippen LogP contribution in [0.5, 0.6) is 0 Å². The highest BCUT2D eigenvalue weighted by Crippen LogP contribution is 2.25. The molecule has 2 atom stereocenters. The molecule has 1 aromatic carbocycles. The van der Waals surface area contributed by atoms with Gasteiger partial charge in [-0.2, -0.15) is 0 Å². The second-order valence-corrected chi connectivity index (χ2v) is 11.2. The molecule has 0 radical (unpaired) electrons. The van der Waals surface area contributed by atoms with Gasteiger partial charge in [0.15, 0.2) is 15.6 Å². The Morgan fingerprint density at radius 2 is 1.97 bits per heavy atom. The standard InChI is InChI=1S/C20H29ClN2O5S/c1-20(2,3)18(25)19(26)23-8-9-29(27,28)12-16(23)17(24)7-5-13-10-15(21)6-4-14(13)11-22/h4,6,10,16,18,25H,5,7-9,11-12,22H2,1-3H3/t16-,18-/m0/s1. The third-order valence-corrected chi connectivity index (χ3v) is 7.03. The summed E-state index contributed by atoms with van der Waals surface area (Å²) in [5, 5.41) is 10.9. The number of Topliss-reactive ketones (excluding diaryl/α,β-unsaturated/α-hetero) is 1. The van der Waals surface area contributed by atoms with Crippen LogP contribution >= 0.6 is 11.6 Å². The summed E-state index contributed by atoms with van der Waals surface area (Å²) in [6.45, 7) is 5.32. The van der Waals surface area contributed by atoms with E-state index in [1.165, 1.54) is 4.90 Å². The molecule has 0 aromatic heterocycles. The molecule has 1 saturated heterocycles. The van der Waals surface area contributed by atoms with E-state index in [2.05, 4.69) is 0 Å². The van der Waals surface area contributed by atoms with Crippen molar-refractivity contribution in [2.75, 3.05) is 18.1 Å². The van der Waals surface area contributed by atoms with Gasteiger partial charge in [-0.3, -0.25) is 9.59 Å². The summed E-state index contributed by atoms with van der Waals surface area (Å²) < 4.78 is 24.3. The maximum absolute atomic E-state index is 12.9. The number of carbonyl (C=O) groups is 2. The van der Waals surface area contributed by atoms with Crippen LogP contribution in [-0.2, 0) is 32.4 Å². The minimum Gasteiger partial charge on any atom is -0.383 e. The molecule has 1 amide bonds. The van der Waals surface area contributed by atoms with Crippen LogP contribution in [-0.4, -0.2) is 60.3 Å². The van der Waals surface area contributed by atoms with Crippen molar-refractivity contribution in [1.82, 2.24) is 4.90 Å². The summed E-state index contributed by atoms with van der Waals surface area (Å²) in [6.07, 6.45) is -0.940. The molecule has 1 fully saturated rings. The number of nitrogens with zero attached hydrogens (tertiary/aromatic N) is 1. The Kier molecular flexibility index (Phi) is 7.48. The fraction of sp³-hybridized carbons (Fsp3) is 0.600. The highest BCUT2D eigenvalue weighted by Gasteiger charge is 2.42. The van der Waals surface area contributed by atoms with Gasteiger partial charge in [-0.1, -0.05) is 38.4 Å². The molecule has 1 aliphatic rings. The van der Waals surface area contributed by atoms with Crippen LogP contribution in [0.4, 0.5) is 0 Å². The minimum atomic E-state index is -3.44. The molecule has 0 unspecified atom stereocenters. The lowest BCUT2D eigenvalue weighted by atomic mass is 9.88. The van der Waals surface area contributed by atoms with Gasteiger partial charge in [0.1, 0.15) is 12.1 Å². The zero-order chi connectivity index (χ0) is 22.0. The number of aliphatic hydroxyl groups excluding tert-OH is 1. The molecule has 1 aliphatic heterocycles. The van der Waals surface area contributed by atoms with Gasteiger partial charge in [-0.25, -0.2) is 8.42 Å². The van der Waals surface area contributed by atoms with Crippen LogP contribution < -0.4 is 5.73 Å². The maximum Gasteiger partial charge on any atom is 0.252 e. The molecule has 7 nitrogen and oxygen atoms in total. The maximum atomic E-state index is 12.9. The largest absolute Gasteiger partial charge is 0.383 e. The number of sulfone groups is 1. The number of amides is 1. The SMILES string of the molecule is CC(C)(C)[C@@H](O)C(=O)N1CCS(=O)(=O)C[C@H]1C(=O)CCc1cc(Cl)ccc1CN. The fourth-order valence-electron chi connectivity index (χ4n) is 3.32. The Morgan fingerprint density at radius 1 is 1.31 bits per heavy atom. The van der Waals surface area contributed by atoms with Crippen LogP contribution in [0.15, 0.2) is 18.2 Å². The molecule has 29 heavy (non-hydrogen) atoms. The monoisotopic (exact) mass is 444 g/mol. The normalized spacial score (nSPS) is 20.3. The van der Waals surface area contributed by atoms with Gasteiger partial charge in [0, 0.05) is 24.5 Å². The van der Waals surface area contributed by atoms with Gasteiger partial charge in [0.2, 0.25) is 0 Å². The van der Waals surface area contributed by atoms with Crippen LogP contribution in [0, 0.1) is 5.41 Å². The summed E-state index contributed by atoms with van der Waals surface area (Å²) in [5.41, 5.74) is 6.68. The van der Waals surface area contributed by atoms with E-state index in [9.17, 15) is 23.1 Å². The van der Waals surface area contributed by atoms with E-state index < -0.39 is 39.1 Å². The van der Waals surface area contributed by atoms with E-state index in [4.69, 9.17) is 17.3 Å². The van der Waals surface area contributed by atoms with E-state index in [0.717, 1.165) is 11.1 Å². The summed E-state index contributed by atoms with van der Waals surface area (Å²) in [6, 6.07) is 4.15. The number of hydrogen-bond acceptors (Lipinski definition) is 6. The third kappa shape index (κ3) is 6.01. The molecule has 0 saturated carbocycles. The summed E-state index contributed by atoms with van der Waals surface area (Å²) in [5.74, 6) is -1.61. The first kappa shape index (κ1) is 23.8. The van der Waals surface area contributed by atoms with Gasteiger partial charge in [-0.05, 0) is 35.1 Å². The lowest BCUT2D eigenvalue weighted by Gasteiger charge is -2.38. The molecular weight excluding hydrogens is 416 g/mol. The Labute approximate surface area is 177 Å². The topological polar surface area (TPSA) is 118 Å². The predicted octanol–water partition coefficient (Wildman–Crippen LogP) is 1.33. The summed E-state index contributed by atoms with van der Waals surface area (Å²) >= 11 is 6.03. The van der Waals surface area contributed by atoms with Crippen LogP contribution in [0.2, 0.25) is 5.02 Å². The van der Waals surface area contributed by atoms with Crippen molar-refractivity contribution in [3.63, 3.8) is 0 Å². The van der Waals surface area contributed by atoms with Gasteiger partial charge in [0.05, 0.1) is 11.5 Å². The first-order chi connectivity index (χ1) is 13.4. The lowest BCUT2D eigenvalue weighted by Crippen LogP contribution is -2.58. The van der Waals surface area contributed by atoms with Crippen molar-refractivity contribution >= 4 is 33.1 Å². The number of hydrogen-bond donors (Lipinski definition) is 2. The molecule has 0 spiro atoms. The van der Waals surface area contributed by atoms with Crippen molar-refractivity contribution in [2.24, 2.45) is 11.1 Å². The Hall–Kier alpha value is -1.48. The fourth-order valence-corrected chi connectivity index (χ4v) is 5.00. The average molecular weight is 445 g/mol. The smallest absolute Gasteiger partial charge is 0.252 e. The highest BCUT2D eigenvalue weighted by molar-refractivity contribution is 7.91. The van der Waals surface area contributed by atoms with Crippen molar-refractivity contribution < 1.29 is 23.1 Å². The average Bonchev–Trinajstić information content (AvgIpc) is 2.63. The van der Waals surface area contributed by atoms with Crippen LogP contribution in [0.3, 0.4) is 0 Å². The van der Waals surface area contributed by atoms with E-state index in [-0.39, 0.29) is 24.5 Å². The molecular formula is C20H29ClN2O5S. The second kappa shape index (κ2) is 9.12. The Balaban J connectivity index is 2.21. The first-order valence-electron chi connectivity index (χ1n) is 9.55. The van der Waals surface area contributed by atoms with Crippen molar-refractivity contribution in [3.8, 4) is 0 Å². The zero-order valence-electron chi connectivity index (χ0n) is 17.0. The summed E-state index contributed by atoms with van der Waals surface area (Å²) in [7, 11) is -3.44. The van der Waals surface area contributed by atoms with E-state index in [1.54, 1.807) is 39.0 Å². The zero-order valence-corrected chi connectivity index (χ0v) is 18.6. The number of ketones is 1. The van der Waals surface area contributed by atoms with E-state index in [1.807, 2.05) is 0 Å². The van der Waals surface area contributed by atoms with Crippen LogP contribution in [0.1, 0.15) is 38.3 Å². The lowest BCUT2D eigenvalue weighted by molar-refractivity contribution is -0.150. The molecule has 1 aromatic rings. The van der Waals surface area contributed by atoms with E-state index >= 15 is 0 Å².